The highest BCUT2D eigenvalue weighted by Crippen LogP contribution is 2.30. The average Bonchev–Trinajstić information content (AvgIpc) is 2.95. The number of halogens is 1. The minimum Gasteiger partial charge on any atom is -0.479 e. The number of rotatable bonds is 5. The van der Waals surface area contributed by atoms with Gasteiger partial charge in [0.1, 0.15) is 16.5 Å². The van der Waals surface area contributed by atoms with Gasteiger partial charge in [-0.25, -0.2) is 4.98 Å². The molecule has 0 saturated carbocycles. The van der Waals surface area contributed by atoms with Gasteiger partial charge in [0, 0.05) is 22.4 Å². The van der Waals surface area contributed by atoms with Gasteiger partial charge in [-0.1, -0.05) is 11.6 Å². The van der Waals surface area contributed by atoms with E-state index < -0.39 is 0 Å². The van der Waals surface area contributed by atoms with Crippen molar-refractivity contribution in [2.45, 2.75) is 11.4 Å². The van der Waals surface area contributed by atoms with Gasteiger partial charge < -0.3 is 9.46 Å². The third-order valence-corrected chi connectivity index (χ3v) is 4.04. The molecule has 0 aliphatic carbocycles. The van der Waals surface area contributed by atoms with E-state index in [-0.39, 0.29) is 6.42 Å². The maximum Gasteiger partial charge on any atom is 0.241 e. The Labute approximate surface area is 141 Å². The van der Waals surface area contributed by atoms with Gasteiger partial charge >= 0.3 is 0 Å². The van der Waals surface area contributed by atoms with Crippen molar-refractivity contribution in [3.8, 4) is 11.9 Å². The summed E-state index contributed by atoms with van der Waals surface area (Å²) in [6.07, 6.45) is 1.71. The SMILES string of the molecule is COc1nc(CC#N)ncc1NSc1n[nH]c2cc(Cl)ccc12. The molecule has 116 valence electrons. The molecule has 0 unspecified atom stereocenters. The summed E-state index contributed by atoms with van der Waals surface area (Å²) in [6, 6.07) is 7.52. The molecule has 0 radical (unpaired) electrons. The summed E-state index contributed by atoms with van der Waals surface area (Å²) in [5, 5.41) is 18.2. The van der Waals surface area contributed by atoms with Crippen LogP contribution in [-0.4, -0.2) is 27.3 Å². The minimum atomic E-state index is 0.133. The number of aromatic amines is 1. The lowest BCUT2D eigenvalue weighted by atomic mass is 10.3. The van der Waals surface area contributed by atoms with E-state index in [0.717, 1.165) is 15.9 Å². The first kappa shape index (κ1) is 15.4. The van der Waals surface area contributed by atoms with Gasteiger partial charge in [-0.2, -0.15) is 15.3 Å². The molecule has 7 nitrogen and oxygen atoms in total. The van der Waals surface area contributed by atoms with E-state index in [1.165, 1.54) is 19.1 Å². The van der Waals surface area contributed by atoms with Crippen LogP contribution in [0.4, 0.5) is 5.69 Å². The van der Waals surface area contributed by atoms with Crippen LogP contribution in [0.25, 0.3) is 10.9 Å². The molecule has 2 N–H and O–H groups in total. The predicted octanol–water partition coefficient (Wildman–Crippen LogP) is 3.20. The van der Waals surface area contributed by atoms with E-state index in [2.05, 4.69) is 24.9 Å². The van der Waals surface area contributed by atoms with Crippen molar-refractivity contribution in [1.82, 2.24) is 20.2 Å². The molecule has 1 aromatic carbocycles. The van der Waals surface area contributed by atoms with E-state index >= 15 is 0 Å². The second-order valence-corrected chi connectivity index (χ2v) is 5.70. The van der Waals surface area contributed by atoms with Crippen molar-refractivity contribution in [2.24, 2.45) is 0 Å². The molecule has 0 saturated heterocycles. The first-order valence-electron chi connectivity index (χ1n) is 6.54. The number of anilines is 1. The zero-order chi connectivity index (χ0) is 16.2. The molecule has 23 heavy (non-hydrogen) atoms. The summed E-state index contributed by atoms with van der Waals surface area (Å²) in [7, 11) is 1.51. The molecule has 0 atom stereocenters. The van der Waals surface area contributed by atoms with Crippen LogP contribution in [-0.2, 0) is 6.42 Å². The summed E-state index contributed by atoms with van der Waals surface area (Å²) in [4.78, 5) is 8.29. The number of H-pyrrole nitrogens is 1. The number of aromatic nitrogens is 4. The fourth-order valence-corrected chi connectivity index (χ4v) is 2.83. The summed E-state index contributed by atoms with van der Waals surface area (Å²) >= 11 is 7.26. The summed E-state index contributed by atoms with van der Waals surface area (Å²) in [5.74, 6) is 0.792. The maximum absolute atomic E-state index is 8.69. The Morgan fingerprint density at radius 3 is 3.13 bits per heavy atom. The van der Waals surface area contributed by atoms with Crippen LogP contribution in [0.5, 0.6) is 5.88 Å². The van der Waals surface area contributed by atoms with E-state index in [0.29, 0.717) is 22.4 Å². The van der Waals surface area contributed by atoms with E-state index in [1.54, 1.807) is 6.20 Å². The number of nitriles is 1. The van der Waals surface area contributed by atoms with Crippen molar-refractivity contribution in [2.75, 3.05) is 11.8 Å². The molecule has 2 aromatic heterocycles. The Morgan fingerprint density at radius 2 is 2.35 bits per heavy atom. The third-order valence-electron chi connectivity index (χ3n) is 2.98. The Balaban J connectivity index is 1.81. The monoisotopic (exact) mass is 346 g/mol. The Kier molecular flexibility index (Phi) is 4.50. The second kappa shape index (κ2) is 6.73. The molecule has 0 spiro atoms. The molecule has 0 bridgehead atoms. The van der Waals surface area contributed by atoms with Crippen molar-refractivity contribution >= 4 is 40.1 Å². The van der Waals surface area contributed by atoms with Crippen LogP contribution < -0.4 is 9.46 Å². The molecule has 0 fully saturated rings. The van der Waals surface area contributed by atoms with Crippen LogP contribution in [0.3, 0.4) is 0 Å². The molecule has 3 aromatic rings. The van der Waals surface area contributed by atoms with Gasteiger partial charge in [-0.3, -0.25) is 5.10 Å². The van der Waals surface area contributed by atoms with Crippen LogP contribution >= 0.6 is 23.5 Å². The fourth-order valence-electron chi connectivity index (χ4n) is 1.93. The molecule has 0 aliphatic heterocycles. The molecule has 3 rings (SSSR count). The Bertz CT molecular complexity index is 891. The summed E-state index contributed by atoms with van der Waals surface area (Å²) < 4.78 is 8.33. The first-order chi connectivity index (χ1) is 11.2. The third kappa shape index (κ3) is 3.31. The largest absolute Gasteiger partial charge is 0.479 e. The molecule has 0 amide bonds. The first-order valence-corrected chi connectivity index (χ1v) is 7.74. The van der Waals surface area contributed by atoms with Gasteiger partial charge in [0.25, 0.3) is 0 Å². The van der Waals surface area contributed by atoms with E-state index in [9.17, 15) is 0 Å². The molecule has 9 heteroatoms. The number of benzene rings is 1. The number of fused-ring (bicyclic) bond motifs is 1. The summed E-state index contributed by atoms with van der Waals surface area (Å²) in [5.41, 5.74) is 1.46. The zero-order valence-corrected chi connectivity index (χ0v) is 13.6. The number of ether oxygens (including phenoxy) is 1. The van der Waals surface area contributed by atoms with Crippen molar-refractivity contribution in [3.63, 3.8) is 0 Å². The predicted molar refractivity (Wildman–Crippen MR) is 88.5 cm³/mol. The Morgan fingerprint density at radius 1 is 1.48 bits per heavy atom. The van der Waals surface area contributed by atoms with Gasteiger partial charge in [-0.05, 0) is 18.2 Å². The second-order valence-electron chi connectivity index (χ2n) is 4.47. The highest BCUT2D eigenvalue weighted by atomic mass is 35.5. The number of methoxy groups -OCH3 is 1. The van der Waals surface area contributed by atoms with Gasteiger partial charge in [-0.15, -0.1) is 0 Å². The van der Waals surface area contributed by atoms with Crippen LogP contribution in [0.15, 0.2) is 29.4 Å². The Hall–Kier alpha value is -2.50. The van der Waals surface area contributed by atoms with Crippen LogP contribution in [0.1, 0.15) is 5.82 Å². The smallest absolute Gasteiger partial charge is 0.241 e. The topological polar surface area (TPSA) is 99.5 Å². The quantitative estimate of drug-likeness (QED) is 0.684. The molecular formula is C14H11ClN6OS. The highest BCUT2D eigenvalue weighted by molar-refractivity contribution is 8.00. The molecule has 2 heterocycles. The fraction of sp³-hybridized carbons (Fsp3) is 0.143. The van der Waals surface area contributed by atoms with Crippen LogP contribution in [0.2, 0.25) is 5.02 Å². The van der Waals surface area contributed by atoms with Crippen LogP contribution in [0, 0.1) is 11.3 Å². The van der Waals surface area contributed by atoms with Crippen molar-refractivity contribution < 1.29 is 4.74 Å². The lowest BCUT2D eigenvalue weighted by Crippen LogP contribution is -2.01. The number of hydrogen-bond acceptors (Lipinski definition) is 7. The maximum atomic E-state index is 8.69. The number of hydrogen-bond donors (Lipinski definition) is 2. The zero-order valence-electron chi connectivity index (χ0n) is 12.0. The van der Waals surface area contributed by atoms with Gasteiger partial charge in [0.2, 0.25) is 5.88 Å². The van der Waals surface area contributed by atoms with Crippen molar-refractivity contribution in [3.05, 3.63) is 35.2 Å². The minimum absolute atomic E-state index is 0.133. The normalized spacial score (nSPS) is 10.5. The van der Waals surface area contributed by atoms with Crippen molar-refractivity contribution in [1.29, 1.82) is 5.26 Å². The highest BCUT2D eigenvalue weighted by Gasteiger charge is 2.11. The standard InChI is InChI=1S/C14H11ClN6OS/c1-22-13-11(7-17-12(18-13)4-5-16)21-23-14-9-3-2-8(15)6-10(9)19-20-14/h2-3,6-7,21H,4H2,1H3,(H,19,20). The molecule has 0 aliphatic rings. The lowest BCUT2D eigenvalue weighted by Gasteiger charge is -2.08. The van der Waals surface area contributed by atoms with E-state index in [4.69, 9.17) is 21.6 Å². The van der Waals surface area contributed by atoms with Gasteiger partial charge in [0.05, 0.1) is 31.3 Å². The summed E-state index contributed by atoms with van der Waals surface area (Å²) in [6.45, 7) is 0. The van der Waals surface area contributed by atoms with E-state index in [1.807, 2.05) is 24.3 Å². The lowest BCUT2D eigenvalue weighted by molar-refractivity contribution is 0.397. The van der Waals surface area contributed by atoms with Gasteiger partial charge in [0.15, 0.2) is 0 Å². The number of nitrogens with zero attached hydrogens (tertiary/aromatic N) is 4. The average molecular weight is 347 g/mol. The molecular weight excluding hydrogens is 336 g/mol. The number of nitrogens with one attached hydrogen (secondary N) is 2.